The van der Waals surface area contributed by atoms with Crippen LogP contribution in [0.3, 0.4) is 0 Å². The van der Waals surface area contributed by atoms with Crippen molar-refractivity contribution >= 4 is 17.5 Å². The summed E-state index contributed by atoms with van der Waals surface area (Å²) < 4.78 is 20.4. The molecule has 0 saturated heterocycles. The number of halogens is 1. The second-order valence-electron chi connectivity index (χ2n) is 3.02. The van der Waals surface area contributed by atoms with Crippen molar-refractivity contribution in [2.24, 2.45) is 0 Å². The number of ketones is 1. The Hall–Kier alpha value is -1.62. The Morgan fingerprint density at radius 2 is 2.33 bits per heavy atom. The van der Waals surface area contributed by atoms with Gasteiger partial charge in [-0.15, -0.1) is 0 Å². The maximum atomic E-state index is 12.8. The smallest absolute Gasteiger partial charge is 0.188 e. The molecule has 0 bridgehead atoms. The van der Waals surface area contributed by atoms with Crippen LogP contribution in [0, 0.1) is 5.82 Å². The van der Waals surface area contributed by atoms with E-state index in [-0.39, 0.29) is 18.0 Å². The summed E-state index contributed by atoms with van der Waals surface area (Å²) in [5.41, 5.74) is 0.984. The SMILES string of the molecule is O=C(Cc1cccc(F)c1)c1cnsn1. The van der Waals surface area contributed by atoms with E-state index in [4.69, 9.17) is 0 Å². The summed E-state index contributed by atoms with van der Waals surface area (Å²) >= 11 is 0.987. The minimum atomic E-state index is -0.336. The van der Waals surface area contributed by atoms with E-state index in [1.165, 1.54) is 18.3 Å². The molecule has 0 radical (unpaired) electrons. The second kappa shape index (κ2) is 4.27. The van der Waals surface area contributed by atoms with Gasteiger partial charge in [-0.3, -0.25) is 4.79 Å². The van der Waals surface area contributed by atoms with E-state index in [2.05, 4.69) is 8.75 Å². The number of benzene rings is 1. The van der Waals surface area contributed by atoms with Crippen LogP contribution in [0.2, 0.25) is 0 Å². The Kier molecular flexibility index (Phi) is 2.82. The molecule has 0 saturated carbocycles. The first-order valence-electron chi connectivity index (χ1n) is 4.31. The number of hydrogen-bond donors (Lipinski definition) is 0. The van der Waals surface area contributed by atoms with Crippen LogP contribution >= 0.6 is 11.7 Å². The van der Waals surface area contributed by atoms with Crippen LogP contribution in [0.15, 0.2) is 30.5 Å². The van der Waals surface area contributed by atoms with Gasteiger partial charge in [0.1, 0.15) is 11.5 Å². The Bertz CT molecular complexity index is 470. The summed E-state index contributed by atoms with van der Waals surface area (Å²) in [6.45, 7) is 0. The van der Waals surface area contributed by atoms with Gasteiger partial charge in [0.25, 0.3) is 0 Å². The molecule has 0 aliphatic carbocycles. The van der Waals surface area contributed by atoms with Gasteiger partial charge in [-0.25, -0.2) is 4.39 Å². The predicted octanol–water partition coefficient (Wildman–Crippen LogP) is 2.10. The normalized spacial score (nSPS) is 10.2. The van der Waals surface area contributed by atoms with Gasteiger partial charge in [0.05, 0.1) is 17.9 Å². The van der Waals surface area contributed by atoms with Crippen molar-refractivity contribution in [2.75, 3.05) is 0 Å². The molecule has 3 nitrogen and oxygen atoms in total. The number of carbonyl (C=O) groups excluding carboxylic acids is 1. The van der Waals surface area contributed by atoms with Crippen molar-refractivity contribution in [1.82, 2.24) is 8.75 Å². The number of hydrogen-bond acceptors (Lipinski definition) is 4. The van der Waals surface area contributed by atoms with Crippen LogP contribution in [0.5, 0.6) is 0 Å². The average Bonchev–Trinajstić information content (AvgIpc) is 2.70. The Morgan fingerprint density at radius 3 is 3.00 bits per heavy atom. The summed E-state index contributed by atoms with van der Waals surface area (Å²) in [6.07, 6.45) is 1.58. The molecule has 0 atom stereocenters. The monoisotopic (exact) mass is 222 g/mol. The van der Waals surface area contributed by atoms with Gasteiger partial charge in [0, 0.05) is 6.42 Å². The molecule has 2 aromatic rings. The zero-order valence-electron chi connectivity index (χ0n) is 7.68. The van der Waals surface area contributed by atoms with E-state index in [0.717, 1.165) is 11.7 Å². The Morgan fingerprint density at radius 1 is 1.47 bits per heavy atom. The van der Waals surface area contributed by atoms with Gasteiger partial charge in [-0.05, 0) is 17.7 Å². The maximum Gasteiger partial charge on any atom is 0.188 e. The third kappa shape index (κ3) is 2.44. The van der Waals surface area contributed by atoms with Crippen molar-refractivity contribution in [3.63, 3.8) is 0 Å². The highest BCUT2D eigenvalue weighted by molar-refractivity contribution is 6.99. The first-order valence-corrected chi connectivity index (χ1v) is 5.04. The number of rotatable bonds is 3. The molecule has 76 valence electrons. The minimum Gasteiger partial charge on any atom is -0.292 e. The van der Waals surface area contributed by atoms with E-state index >= 15 is 0 Å². The lowest BCUT2D eigenvalue weighted by Crippen LogP contribution is -2.03. The lowest BCUT2D eigenvalue weighted by atomic mass is 10.1. The van der Waals surface area contributed by atoms with Crippen LogP contribution in [0.25, 0.3) is 0 Å². The minimum absolute atomic E-state index is 0.144. The quantitative estimate of drug-likeness (QED) is 0.747. The fourth-order valence-corrected chi connectivity index (χ4v) is 1.64. The first-order chi connectivity index (χ1) is 7.25. The van der Waals surface area contributed by atoms with Crippen molar-refractivity contribution in [2.45, 2.75) is 6.42 Å². The maximum absolute atomic E-state index is 12.8. The second-order valence-corrected chi connectivity index (χ2v) is 3.58. The fraction of sp³-hybridized carbons (Fsp3) is 0.100. The van der Waals surface area contributed by atoms with Crippen LogP contribution < -0.4 is 0 Å². The molecule has 0 amide bonds. The van der Waals surface area contributed by atoms with Crippen molar-refractivity contribution < 1.29 is 9.18 Å². The van der Waals surface area contributed by atoms with Gasteiger partial charge in [-0.2, -0.15) is 8.75 Å². The van der Waals surface area contributed by atoms with Gasteiger partial charge in [0.15, 0.2) is 5.78 Å². The average molecular weight is 222 g/mol. The molecule has 0 aliphatic heterocycles. The molecule has 5 heteroatoms. The predicted molar refractivity (Wildman–Crippen MR) is 54.3 cm³/mol. The number of nitrogens with zero attached hydrogens (tertiary/aromatic N) is 2. The highest BCUT2D eigenvalue weighted by Crippen LogP contribution is 2.07. The van der Waals surface area contributed by atoms with E-state index in [1.54, 1.807) is 12.1 Å². The number of aromatic nitrogens is 2. The third-order valence-corrected chi connectivity index (χ3v) is 2.38. The van der Waals surface area contributed by atoms with Crippen LogP contribution in [0.4, 0.5) is 4.39 Å². The summed E-state index contributed by atoms with van der Waals surface area (Å²) in [4.78, 5) is 11.6. The van der Waals surface area contributed by atoms with E-state index < -0.39 is 0 Å². The van der Waals surface area contributed by atoms with Gasteiger partial charge < -0.3 is 0 Å². The van der Waals surface area contributed by atoms with Crippen LogP contribution in [-0.4, -0.2) is 14.5 Å². The lowest BCUT2D eigenvalue weighted by Gasteiger charge is -1.98. The Balaban J connectivity index is 2.13. The van der Waals surface area contributed by atoms with E-state index in [1.807, 2.05) is 0 Å². The standard InChI is InChI=1S/C10H7FN2OS/c11-8-3-1-2-7(4-8)5-10(14)9-6-12-15-13-9/h1-4,6H,5H2. The fourth-order valence-electron chi connectivity index (χ4n) is 1.21. The molecule has 0 fully saturated rings. The molecule has 0 N–H and O–H groups in total. The molecule has 2 rings (SSSR count). The summed E-state index contributed by atoms with van der Waals surface area (Å²) in [6, 6.07) is 5.98. The molecule has 1 heterocycles. The van der Waals surface area contributed by atoms with Crippen molar-refractivity contribution in [1.29, 1.82) is 0 Å². The first kappa shape index (κ1) is 9.92. The van der Waals surface area contributed by atoms with Gasteiger partial charge >= 0.3 is 0 Å². The third-order valence-electron chi connectivity index (χ3n) is 1.90. The van der Waals surface area contributed by atoms with Gasteiger partial charge in [0.2, 0.25) is 0 Å². The summed E-state index contributed by atoms with van der Waals surface area (Å²) in [5.74, 6) is -0.481. The zero-order valence-corrected chi connectivity index (χ0v) is 8.50. The molecule has 1 aromatic heterocycles. The lowest BCUT2D eigenvalue weighted by molar-refractivity contribution is 0.0989. The molecule has 0 spiro atoms. The van der Waals surface area contributed by atoms with Crippen LogP contribution in [-0.2, 0) is 6.42 Å². The Labute approximate surface area is 89.9 Å². The largest absolute Gasteiger partial charge is 0.292 e. The zero-order chi connectivity index (χ0) is 10.7. The topological polar surface area (TPSA) is 42.9 Å². The number of Topliss-reactive ketones (excluding diaryl/α,β-unsaturated/α-hetero) is 1. The van der Waals surface area contributed by atoms with Crippen molar-refractivity contribution in [3.05, 3.63) is 47.5 Å². The summed E-state index contributed by atoms with van der Waals surface area (Å²) in [7, 11) is 0. The van der Waals surface area contributed by atoms with E-state index in [0.29, 0.717) is 11.3 Å². The van der Waals surface area contributed by atoms with Crippen molar-refractivity contribution in [3.8, 4) is 0 Å². The van der Waals surface area contributed by atoms with Crippen LogP contribution in [0.1, 0.15) is 16.1 Å². The van der Waals surface area contributed by atoms with E-state index in [9.17, 15) is 9.18 Å². The number of carbonyl (C=O) groups is 1. The molecule has 15 heavy (non-hydrogen) atoms. The highest BCUT2D eigenvalue weighted by atomic mass is 32.1. The highest BCUT2D eigenvalue weighted by Gasteiger charge is 2.09. The molecule has 0 unspecified atom stereocenters. The van der Waals surface area contributed by atoms with Gasteiger partial charge in [-0.1, -0.05) is 12.1 Å². The summed E-state index contributed by atoms with van der Waals surface area (Å²) in [5, 5.41) is 0. The molecule has 1 aromatic carbocycles. The molecular formula is C10H7FN2OS. The molecule has 0 aliphatic rings. The molecular weight excluding hydrogens is 215 g/mol.